The number of hydrogen-bond acceptors (Lipinski definition) is 2. The fourth-order valence-corrected chi connectivity index (χ4v) is 4.95. The molecule has 1 aliphatic heterocycles. The molecule has 1 nitrogen and oxygen atoms in total. The van der Waals surface area contributed by atoms with Gasteiger partial charge in [0.05, 0.1) is 6.61 Å². The van der Waals surface area contributed by atoms with Gasteiger partial charge in [-0.25, -0.2) is 0 Å². The lowest BCUT2D eigenvalue weighted by molar-refractivity contribution is 0.243. The molecular formula is C26H34OS. The van der Waals surface area contributed by atoms with Crippen molar-refractivity contribution in [3.05, 3.63) is 59.2 Å². The van der Waals surface area contributed by atoms with Crippen LogP contribution in [0.3, 0.4) is 0 Å². The Morgan fingerprint density at radius 3 is 2.50 bits per heavy atom. The van der Waals surface area contributed by atoms with E-state index in [0.717, 1.165) is 18.8 Å². The molecule has 2 aromatic carbocycles. The predicted octanol–water partition coefficient (Wildman–Crippen LogP) is 7.84. The number of benzene rings is 2. The van der Waals surface area contributed by atoms with Crippen molar-refractivity contribution < 1.29 is 4.74 Å². The van der Waals surface area contributed by atoms with E-state index in [-0.39, 0.29) is 5.41 Å². The predicted molar refractivity (Wildman–Crippen MR) is 124 cm³/mol. The fourth-order valence-electron chi connectivity index (χ4n) is 3.47. The van der Waals surface area contributed by atoms with Gasteiger partial charge in [-0.15, -0.1) is 11.8 Å². The summed E-state index contributed by atoms with van der Waals surface area (Å²) in [4.78, 5) is 1.45. The third kappa shape index (κ3) is 5.44. The zero-order valence-corrected chi connectivity index (χ0v) is 19.1. The van der Waals surface area contributed by atoms with Gasteiger partial charge in [-0.3, -0.25) is 0 Å². The highest BCUT2D eigenvalue weighted by atomic mass is 32.2. The average molecular weight is 395 g/mol. The van der Waals surface area contributed by atoms with Gasteiger partial charge >= 0.3 is 0 Å². The number of fused-ring (bicyclic) bond motifs is 1. The first-order valence-corrected chi connectivity index (χ1v) is 11.3. The SMILES string of the molecule is CC(=Cc1ccc2c(c1)C(C)(C)CCS2)c1ccc(OCCC(C)(C)C)cc1. The van der Waals surface area contributed by atoms with Crippen LogP contribution in [0.2, 0.25) is 0 Å². The molecule has 0 radical (unpaired) electrons. The van der Waals surface area contributed by atoms with E-state index in [9.17, 15) is 0 Å². The van der Waals surface area contributed by atoms with Crippen LogP contribution in [-0.2, 0) is 5.41 Å². The normalized spacial score (nSPS) is 16.6. The monoisotopic (exact) mass is 394 g/mol. The summed E-state index contributed by atoms with van der Waals surface area (Å²) in [5, 5.41) is 0. The second-order valence-corrected chi connectivity index (χ2v) is 10.9. The fraction of sp³-hybridized carbons (Fsp3) is 0.462. The van der Waals surface area contributed by atoms with E-state index in [1.807, 2.05) is 11.8 Å². The zero-order chi connectivity index (χ0) is 20.4. The van der Waals surface area contributed by atoms with Gasteiger partial charge in [-0.1, -0.05) is 65.0 Å². The lowest BCUT2D eigenvalue weighted by atomic mass is 9.81. The molecule has 3 rings (SSSR count). The summed E-state index contributed by atoms with van der Waals surface area (Å²) in [6.45, 7) is 14.4. The summed E-state index contributed by atoms with van der Waals surface area (Å²) in [7, 11) is 0. The van der Waals surface area contributed by atoms with Crippen LogP contribution in [0.25, 0.3) is 11.6 Å². The first-order valence-electron chi connectivity index (χ1n) is 10.3. The molecule has 150 valence electrons. The number of thioether (sulfide) groups is 1. The topological polar surface area (TPSA) is 9.23 Å². The molecule has 0 saturated heterocycles. The molecule has 2 heteroatoms. The van der Waals surface area contributed by atoms with Crippen LogP contribution in [0, 0.1) is 5.41 Å². The lowest BCUT2D eigenvalue weighted by Crippen LogP contribution is -2.22. The van der Waals surface area contributed by atoms with E-state index in [1.165, 1.54) is 39.3 Å². The van der Waals surface area contributed by atoms with Crippen molar-refractivity contribution in [2.24, 2.45) is 5.41 Å². The molecule has 1 aliphatic rings. The number of allylic oxidation sites excluding steroid dienone is 1. The minimum absolute atomic E-state index is 0.268. The number of hydrogen-bond donors (Lipinski definition) is 0. The summed E-state index contributed by atoms with van der Waals surface area (Å²) in [5.41, 5.74) is 5.88. The van der Waals surface area contributed by atoms with E-state index in [4.69, 9.17) is 4.74 Å². The van der Waals surface area contributed by atoms with Crippen molar-refractivity contribution in [3.63, 3.8) is 0 Å². The molecule has 0 spiro atoms. The van der Waals surface area contributed by atoms with Crippen molar-refractivity contribution in [1.29, 1.82) is 0 Å². The van der Waals surface area contributed by atoms with Crippen molar-refractivity contribution in [2.45, 2.75) is 64.7 Å². The molecular weight excluding hydrogens is 360 g/mol. The van der Waals surface area contributed by atoms with Crippen molar-refractivity contribution in [2.75, 3.05) is 12.4 Å². The molecule has 0 unspecified atom stereocenters. The van der Waals surface area contributed by atoms with Crippen molar-refractivity contribution >= 4 is 23.4 Å². The van der Waals surface area contributed by atoms with Crippen LogP contribution >= 0.6 is 11.8 Å². The highest BCUT2D eigenvalue weighted by Gasteiger charge is 2.27. The number of rotatable bonds is 5. The molecule has 0 aliphatic carbocycles. The Hall–Kier alpha value is -1.67. The minimum Gasteiger partial charge on any atom is -0.494 e. The maximum atomic E-state index is 5.90. The molecule has 0 N–H and O–H groups in total. The molecule has 0 atom stereocenters. The summed E-state index contributed by atoms with van der Waals surface area (Å²) in [6, 6.07) is 15.4. The molecule has 2 aromatic rings. The Morgan fingerprint density at radius 1 is 1.11 bits per heavy atom. The van der Waals surface area contributed by atoms with Gasteiger partial charge in [-0.05, 0) is 76.8 Å². The van der Waals surface area contributed by atoms with E-state index in [1.54, 1.807) is 0 Å². The highest BCUT2D eigenvalue weighted by Crippen LogP contribution is 2.42. The van der Waals surface area contributed by atoms with Gasteiger partial charge in [0.25, 0.3) is 0 Å². The second kappa shape index (κ2) is 8.37. The van der Waals surface area contributed by atoms with Gasteiger partial charge in [0.2, 0.25) is 0 Å². The summed E-state index contributed by atoms with van der Waals surface area (Å²) < 4.78 is 5.90. The molecule has 28 heavy (non-hydrogen) atoms. The quantitative estimate of drug-likeness (QED) is 0.478. The second-order valence-electron chi connectivity index (χ2n) is 9.75. The summed E-state index contributed by atoms with van der Waals surface area (Å²) in [5.74, 6) is 2.17. The van der Waals surface area contributed by atoms with Crippen molar-refractivity contribution in [1.82, 2.24) is 0 Å². The van der Waals surface area contributed by atoms with Crippen molar-refractivity contribution in [3.8, 4) is 5.75 Å². The minimum atomic E-state index is 0.268. The molecule has 0 bridgehead atoms. The number of ether oxygens (including phenoxy) is 1. The third-order valence-electron chi connectivity index (χ3n) is 5.53. The maximum absolute atomic E-state index is 5.90. The highest BCUT2D eigenvalue weighted by molar-refractivity contribution is 7.99. The van der Waals surface area contributed by atoms with E-state index in [0.29, 0.717) is 5.41 Å². The van der Waals surface area contributed by atoms with Gasteiger partial charge in [0.1, 0.15) is 5.75 Å². The standard InChI is InChI=1S/C26H34OS/c1-19(21-8-10-22(11-9-21)27-15-13-25(2,3)4)17-20-7-12-24-23(18-20)26(5,6)14-16-28-24/h7-12,17-18H,13-16H2,1-6H3. The van der Waals surface area contributed by atoms with Gasteiger partial charge in [-0.2, -0.15) is 0 Å². The molecule has 0 fully saturated rings. The van der Waals surface area contributed by atoms with E-state index < -0.39 is 0 Å². The largest absolute Gasteiger partial charge is 0.494 e. The van der Waals surface area contributed by atoms with Gasteiger partial charge in [0.15, 0.2) is 0 Å². The molecule has 0 amide bonds. The molecule has 0 saturated carbocycles. The first-order chi connectivity index (χ1) is 13.1. The Labute approximate surface area is 175 Å². The maximum Gasteiger partial charge on any atom is 0.119 e. The molecule has 0 aromatic heterocycles. The van der Waals surface area contributed by atoms with Crippen LogP contribution in [-0.4, -0.2) is 12.4 Å². The van der Waals surface area contributed by atoms with Crippen LogP contribution in [0.15, 0.2) is 47.4 Å². The van der Waals surface area contributed by atoms with Gasteiger partial charge in [0, 0.05) is 4.90 Å². The van der Waals surface area contributed by atoms with E-state index >= 15 is 0 Å². The molecule has 1 heterocycles. The van der Waals surface area contributed by atoms with Crippen LogP contribution in [0.4, 0.5) is 0 Å². The van der Waals surface area contributed by atoms with Gasteiger partial charge < -0.3 is 4.74 Å². The van der Waals surface area contributed by atoms with Crippen LogP contribution in [0.1, 0.15) is 71.1 Å². The van der Waals surface area contributed by atoms with Crippen LogP contribution in [0.5, 0.6) is 5.75 Å². The van der Waals surface area contributed by atoms with E-state index in [2.05, 4.69) is 90.1 Å². The third-order valence-corrected chi connectivity index (χ3v) is 6.61. The zero-order valence-electron chi connectivity index (χ0n) is 18.3. The smallest absolute Gasteiger partial charge is 0.119 e. The Morgan fingerprint density at radius 2 is 1.82 bits per heavy atom. The Bertz CT molecular complexity index is 838. The van der Waals surface area contributed by atoms with Crippen LogP contribution < -0.4 is 4.74 Å². The Balaban J connectivity index is 1.72. The average Bonchev–Trinajstić information content (AvgIpc) is 2.61. The lowest BCUT2D eigenvalue weighted by Gasteiger charge is -2.32. The first kappa shape index (κ1) is 21.0. The summed E-state index contributed by atoms with van der Waals surface area (Å²) >= 11 is 1.99. The Kier molecular flexibility index (Phi) is 6.29. The summed E-state index contributed by atoms with van der Waals surface area (Å²) in [6.07, 6.45) is 4.60.